The quantitative estimate of drug-likeness (QED) is 0.456. The zero-order chi connectivity index (χ0) is 14.9. The van der Waals surface area contributed by atoms with E-state index in [1.807, 2.05) is 0 Å². The Morgan fingerprint density at radius 3 is 1.45 bits per heavy atom. The predicted octanol–water partition coefficient (Wildman–Crippen LogP) is 4.10. The van der Waals surface area contributed by atoms with Gasteiger partial charge in [0.2, 0.25) is 0 Å². The second-order valence-corrected chi connectivity index (χ2v) is 11.1. The molecule has 0 unspecified atom stereocenters. The third-order valence-corrected chi connectivity index (χ3v) is 8.10. The first-order valence-corrected chi connectivity index (χ1v) is 10.6. The van der Waals surface area contributed by atoms with Crippen LogP contribution >= 0.6 is 67.9 Å². The molecule has 2 saturated heterocycles. The van der Waals surface area contributed by atoms with Crippen molar-refractivity contribution in [1.29, 1.82) is 0 Å². The Balaban J connectivity index is 1.89. The smallest absolute Gasteiger partial charge is 0.257 e. The van der Waals surface area contributed by atoms with Gasteiger partial charge in [0.05, 0.1) is 41.9 Å². The van der Waals surface area contributed by atoms with Gasteiger partial charge in [0.25, 0.3) is 11.6 Å². The maximum Gasteiger partial charge on any atom is 0.257 e. The number of halogens is 2. The molecule has 2 aliphatic heterocycles. The Morgan fingerprint density at radius 2 is 1.09 bits per heavy atom. The third kappa shape index (κ3) is 1.75. The Morgan fingerprint density at radius 1 is 0.727 bits per heavy atom. The molecule has 0 spiro atoms. The van der Waals surface area contributed by atoms with Crippen LogP contribution in [0.5, 0.6) is 0 Å². The van der Waals surface area contributed by atoms with E-state index in [0.717, 1.165) is 11.1 Å². The van der Waals surface area contributed by atoms with E-state index in [2.05, 4.69) is 57.3 Å². The molecule has 1 aliphatic carbocycles. The topological polar surface area (TPSA) is 36.9 Å². The summed E-state index contributed by atoms with van der Waals surface area (Å²) in [7, 11) is 0. The molecule has 0 saturated carbocycles. The van der Waals surface area contributed by atoms with Crippen molar-refractivity contribution in [3.8, 4) is 9.75 Å². The van der Waals surface area contributed by atoms with Crippen molar-refractivity contribution < 1.29 is 18.9 Å². The van der Waals surface area contributed by atoms with Crippen LogP contribution in [0.1, 0.15) is 11.1 Å². The summed E-state index contributed by atoms with van der Waals surface area (Å²) in [4.78, 5) is 2.44. The van der Waals surface area contributed by atoms with Crippen LogP contribution in [0.3, 0.4) is 0 Å². The zero-order valence-electron chi connectivity index (χ0n) is 11.2. The van der Waals surface area contributed by atoms with Gasteiger partial charge in [-0.1, -0.05) is 0 Å². The summed E-state index contributed by atoms with van der Waals surface area (Å²) in [5, 5.41) is 0. The summed E-state index contributed by atoms with van der Waals surface area (Å²) in [5.41, 5.74) is 2.10. The first kappa shape index (κ1) is 15.0. The van der Waals surface area contributed by atoms with Crippen LogP contribution < -0.4 is 0 Å². The third-order valence-electron chi connectivity index (χ3n) is 4.14. The van der Waals surface area contributed by atoms with Gasteiger partial charge in [-0.05, 0) is 57.3 Å². The van der Waals surface area contributed by atoms with Gasteiger partial charge in [0, 0.05) is 11.1 Å². The maximum atomic E-state index is 6.20. The maximum absolute atomic E-state index is 6.20. The Hall–Kier alpha value is 0.700. The molecule has 4 nitrogen and oxygen atoms in total. The van der Waals surface area contributed by atoms with Gasteiger partial charge >= 0.3 is 0 Å². The molecular formula is C14H10I2O4S2. The van der Waals surface area contributed by atoms with Crippen LogP contribution in [0.4, 0.5) is 0 Å². The molecule has 8 heteroatoms. The van der Waals surface area contributed by atoms with Crippen molar-refractivity contribution in [1.82, 2.24) is 0 Å². The molecule has 0 radical (unpaired) electrons. The zero-order valence-corrected chi connectivity index (χ0v) is 17.1. The van der Waals surface area contributed by atoms with Crippen LogP contribution in [-0.4, -0.2) is 26.4 Å². The SMILES string of the molecule is Ic1cc2c(s1)-c1sc(I)cc1C13OCCOC21OCCO3. The van der Waals surface area contributed by atoms with Gasteiger partial charge < -0.3 is 18.9 Å². The van der Waals surface area contributed by atoms with Gasteiger partial charge in [-0.15, -0.1) is 22.7 Å². The summed E-state index contributed by atoms with van der Waals surface area (Å²) < 4.78 is 27.2. The number of rotatable bonds is 0. The lowest BCUT2D eigenvalue weighted by molar-refractivity contribution is -0.483. The number of hydrogen-bond donors (Lipinski definition) is 0. The standard InChI is InChI=1S/C14H10I2O4S2/c15-9-5-7-11(21-9)12-8(6-10(16)22-12)14-13(7,17-1-2-18-14)19-3-4-20-14/h5-6H,1-4H2. The monoisotopic (exact) mass is 560 g/mol. The first-order chi connectivity index (χ1) is 10.7. The molecule has 0 aromatic carbocycles. The number of fused-ring (bicyclic) bond motifs is 3. The largest absolute Gasteiger partial charge is 0.339 e. The Bertz CT molecular complexity index is 693. The van der Waals surface area contributed by atoms with Gasteiger partial charge in [-0.3, -0.25) is 0 Å². The number of ether oxygens (including phenoxy) is 4. The van der Waals surface area contributed by atoms with Gasteiger partial charge in [-0.25, -0.2) is 0 Å². The van der Waals surface area contributed by atoms with Crippen LogP contribution in [-0.2, 0) is 30.5 Å². The lowest BCUT2D eigenvalue weighted by Gasteiger charge is -2.55. The van der Waals surface area contributed by atoms with Crippen LogP contribution in [0, 0.1) is 5.77 Å². The predicted molar refractivity (Wildman–Crippen MR) is 100 cm³/mol. The second kappa shape index (κ2) is 5.10. The van der Waals surface area contributed by atoms with E-state index in [1.165, 1.54) is 15.5 Å². The second-order valence-electron chi connectivity index (χ2n) is 5.21. The molecule has 116 valence electrons. The molecule has 5 rings (SSSR count). The number of hydrogen-bond acceptors (Lipinski definition) is 6. The van der Waals surface area contributed by atoms with Crippen molar-refractivity contribution in [2.24, 2.45) is 0 Å². The molecule has 22 heavy (non-hydrogen) atoms. The molecule has 0 amide bonds. The fourth-order valence-electron chi connectivity index (χ4n) is 3.42. The lowest BCUT2D eigenvalue weighted by atomic mass is 9.83. The molecule has 2 aromatic heterocycles. The molecule has 2 aromatic rings. The van der Waals surface area contributed by atoms with Gasteiger partial charge in [0.1, 0.15) is 0 Å². The van der Waals surface area contributed by atoms with E-state index >= 15 is 0 Å². The fraction of sp³-hybridized carbons (Fsp3) is 0.429. The van der Waals surface area contributed by atoms with E-state index in [4.69, 9.17) is 18.9 Å². The lowest BCUT2D eigenvalue weighted by Crippen LogP contribution is -2.63. The molecule has 0 bridgehead atoms. The van der Waals surface area contributed by atoms with E-state index in [-0.39, 0.29) is 0 Å². The minimum Gasteiger partial charge on any atom is -0.339 e. The minimum absolute atomic E-state index is 0.507. The molecule has 2 fully saturated rings. The van der Waals surface area contributed by atoms with Gasteiger partial charge in [-0.2, -0.15) is 0 Å². The van der Waals surface area contributed by atoms with Crippen molar-refractivity contribution in [2.75, 3.05) is 26.4 Å². The van der Waals surface area contributed by atoms with E-state index < -0.39 is 11.6 Å². The summed E-state index contributed by atoms with van der Waals surface area (Å²) in [5.74, 6) is -1.95. The van der Waals surface area contributed by atoms with E-state index in [1.54, 1.807) is 22.7 Å². The molecule has 0 N–H and O–H groups in total. The summed E-state index contributed by atoms with van der Waals surface area (Å²) in [6.07, 6.45) is 0. The number of thiophene rings is 2. The average Bonchev–Trinajstić information content (AvgIpc) is 3.10. The molecular weight excluding hydrogens is 550 g/mol. The highest BCUT2D eigenvalue weighted by atomic mass is 127. The Labute approximate surface area is 162 Å². The summed E-state index contributed by atoms with van der Waals surface area (Å²) in [6, 6.07) is 4.29. The molecule has 4 heterocycles. The summed E-state index contributed by atoms with van der Waals surface area (Å²) >= 11 is 8.26. The highest BCUT2D eigenvalue weighted by molar-refractivity contribution is 14.1. The first-order valence-electron chi connectivity index (χ1n) is 6.82. The highest BCUT2D eigenvalue weighted by Gasteiger charge is 2.67. The normalized spacial score (nSPS) is 32.8. The molecule has 0 atom stereocenters. The van der Waals surface area contributed by atoms with Crippen molar-refractivity contribution in [2.45, 2.75) is 11.6 Å². The van der Waals surface area contributed by atoms with Gasteiger partial charge in [0.15, 0.2) is 0 Å². The van der Waals surface area contributed by atoms with Crippen molar-refractivity contribution in [3.63, 3.8) is 0 Å². The van der Waals surface area contributed by atoms with E-state index in [9.17, 15) is 0 Å². The summed E-state index contributed by atoms with van der Waals surface area (Å²) in [6.45, 7) is 2.03. The van der Waals surface area contributed by atoms with E-state index in [0.29, 0.717) is 26.4 Å². The van der Waals surface area contributed by atoms with Crippen molar-refractivity contribution >= 4 is 67.9 Å². The highest BCUT2D eigenvalue weighted by Crippen LogP contribution is 2.62. The minimum atomic E-state index is -0.976. The van der Waals surface area contributed by atoms with Crippen molar-refractivity contribution in [3.05, 3.63) is 29.0 Å². The average molecular weight is 560 g/mol. The van der Waals surface area contributed by atoms with Crippen LogP contribution in [0.2, 0.25) is 0 Å². The molecule has 3 aliphatic rings. The van der Waals surface area contributed by atoms with Crippen LogP contribution in [0.25, 0.3) is 9.75 Å². The fourth-order valence-corrected chi connectivity index (χ4v) is 7.37. The Kier molecular flexibility index (Phi) is 3.48. The van der Waals surface area contributed by atoms with Crippen LogP contribution in [0.15, 0.2) is 12.1 Å².